The van der Waals surface area contributed by atoms with Crippen LogP contribution in [0.15, 0.2) is 12.3 Å². The van der Waals surface area contributed by atoms with Crippen LogP contribution >= 0.6 is 0 Å². The second kappa shape index (κ2) is 6.73. The number of aromatic nitrogens is 2. The first-order valence-corrected chi connectivity index (χ1v) is 7.48. The molecule has 0 amide bonds. The number of hydrogen-bond donors (Lipinski definition) is 1. The van der Waals surface area contributed by atoms with E-state index in [9.17, 15) is 0 Å². The summed E-state index contributed by atoms with van der Waals surface area (Å²) >= 11 is 0. The highest BCUT2D eigenvalue weighted by atomic mass is 16.5. The van der Waals surface area contributed by atoms with Gasteiger partial charge in [0.1, 0.15) is 0 Å². The van der Waals surface area contributed by atoms with Crippen LogP contribution in [0, 0.1) is 5.41 Å². The minimum atomic E-state index is 0.448. The Bertz CT molecular complexity index is 389. The van der Waals surface area contributed by atoms with Gasteiger partial charge in [-0.15, -0.1) is 0 Å². The molecule has 0 saturated heterocycles. The summed E-state index contributed by atoms with van der Waals surface area (Å²) in [6, 6.07) is 1.81. The minimum Gasteiger partial charge on any atom is -0.478 e. The summed E-state index contributed by atoms with van der Waals surface area (Å²) in [5, 5.41) is 3.39. The normalized spacial score (nSPS) is 17.4. The van der Waals surface area contributed by atoms with E-state index in [0.29, 0.717) is 23.9 Å². The van der Waals surface area contributed by atoms with Crippen LogP contribution in [0.1, 0.15) is 52.4 Å². The third-order valence-corrected chi connectivity index (χ3v) is 4.12. The Labute approximate surface area is 116 Å². The van der Waals surface area contributed by atoms with Crippen LogP contribution in [0.3, 0.4) is 0 Å². The third kappa shape index (κ3) is 3.82. The molecular weight excluding hydrogens is 238 g/mol. The largest absolute Gasteiger partial charge is 0.478 e. The summed E-state index contributed by atoms with van der Waals surface area (Å²) in [5.41, 5.74) is 0.448. The van der Waals surface area contributed by atoms with E-state index in [1.165, 1.54) is 32.1 Å². The minimum absolute atomic E-state index is 0.448. The number of rotatable bonds is 7. The number of nitrogens with zero attached hydrogens (tertiary/aromatic N) is 2. The maximum atomic E-state index is 5.53. The zero-order chi connectivity index (χ0) is 13.6. The Balaban J connectivity index is 1.91. The second-order valence-corrected chi connectivity index (χ2v) is 5.48. The predicted octanol–water partition coefficient (Wildman–Crippen LogP) is 3.65. The lowest BCUT2D eigenvalue weighted by molar-refractivity contribution is 0.301. The Morgan fingerprint density at radius 1 is 1.32 bits per heavy atom. The van der Waals surface area contributed by atoms with Crippen molar-refractivity contribution in [3.05, 3.63) is 12.3 Å². The van der Waals surface area contributed by atoms with Gasteiger partial charge in [-0.25, -0.2) is 4.98 Å². The molecule has 1 aliphatic rings. The molecule has 4 nitrogen and oxygen atoms in total. The molecule has 4 heteroatoms. The molecule has 0 unspecified atom stereocenters. The topological polar surface area (TPSA) is 47.0 Å². The van der Waals surface area contributed by atoms with Crippen LogP contribution in [0.5, 0.6) is 5.88 Å². The fraction of sp³-hybridized carbons (Fsp3) is 0.733. The van der Waals surface area contributed by atoms with Gasteiger partial charge in [-0.1, -0.05) is 26.7 Å². The molecular formula is C15H25N3O. The van der Waals surface area contributed by atoms with E-state index in [1.54, 1.807) is 6.20 Å². The smallest absolute Gasteiger partial charge is 0.225 e. The van der Waals surface area contributed by atoms with E-state index >= 15 is 0 Å². The molecule has 0 radical (unpaired) electrons. The van der Waals surface area contributed by atoms with Crippen molar-refractivity contribution in [3.8, 4) is 5.88 Å². The molecule has 0 aliphatic heterocycles. The molecule has 1 aliphatic carbocycles. The van der Waals surface area contributed by atoms with Gasteiger partial charge in [0.05, 0.1) is 6.61 Å². The zero-order valence-electron chi connectivity index (χ0n) is 12.1. The van der Waals surface area contributed by atoms with Crippen molar-refractivity contribution in [1.29, 1.82) is 0 Å². The Hall–Kier alpha value is -1.32. The van der Waals surface area contributed by atoms with Gasteiger partial charge < -0.3 is 10.1 Å². The summed E-state index contributed by atoms with van der Waals surface area (Å²) in [7, 11) is 0. The molecule has 0 spiro atoms. The summed E-state index contributed by atoms with van der Waals surface area (Å²) < 4.78 is 5.53. The number of hydrogen-bond acceptors (Lipinski definition) is 4. The van der Waals surface area contributed by atoms with Crippen LogP contribution in [0.2, 0.25) is 0 Å². The van der Waals surface area contributed by atoms with Crippen LogP contribution in [0.4, 0.5) is 5.95 Å². The summed E-state index contributed by atoms with van der Waals surface area (Å²) in [6.45, 7) is 6.05. The van der Waals surface area contributed by atoms with Gasteiger partial charge in [0.25, 0.3) is 0 Å². The van der Waals surface area contributed by atoms with Gasteiger partial charge >= 0.3 is 0 Å². The first-order valence-electron chi connectivity index (χ1n) is 7.48. The molecule has 1 saturated carbocycles. The first kappa shape index (κ1) is 14.1. The quantitative estimate of drug-likeness (QED) is 0.815. The fourth-order valence-electron chi connectivity index (χ4n) is 2.76. The molecule has 1 heterocycles. The van der Waals surface area contributed by atoms with Crippen molar-refractivity contribution in [2.45, 2.75) is 52.4 Å². The average Bonchev–Trinajstić information content (AvgIpc) is 2.93. The Kier molecular flexibility index (Phi) is 5.00. The molecule has 1 aromatic heterocycles. The van der Waals surface area contributed by atoms with Gasteiger partial charge in [0.2, 0.25) is 11.8 Å². The lowest BCUT2D eigenvalue weighted by atomic mass is 9.83. The fourth-order valence-corrected chi connectivity index (χ4v) is 2.76. The molecule has 106 valence electrons. The molecule has 1 N–H and O–H groups in total. The van der Waals surface area contributed by atoms with Crippen molar-refractivity contribution in [3.63, 3.8) is 0 Å². The van der Waals surface area contributed by atoms with Crippen LogP contribution in [-0.2, 0) is 0 Å². The van der Waals surface area contributed by atoms with Crippen LogP contribution < -0.4 is 10.1 Å². The molecule has 0 bridgehead atoms. The van der Waals surface area contributed by atoms with Crippen LogP contribution in [-0.4, -0.2) is 23.1 Å². The van der Waals surface area contributed by atoms with E-state index in [1.807, 2.05) is 6.07 Å². The number of nitrogens with one attached hydrogen (secondary N) is 1. The van der Waals surface area contributed by atoms with Crippen LogP contribution in [0.25, 0.3) is 0 Å². The van der Waals surface area contributed by atoms with E-state index in [0.717, 1.165) is 13.0 Å². The van der Waals surface area contributed by atoms with E-state index < -0.39 is 0 Å². The van der Waals surface area contributed by atoms with E-state index in [4.69, 9.17) is 4.74 Å². The second-order valence-electron chi connectivity index (χ2n) is 5.48. The van der Waals surface area contributed by atoms with E-state index in [2.05, 4.69) is 29.1 Å². The monoisotopic (exact) mass is 263 g/mol. The lowest BCUT2D eigenvalue weighted by Crippen LogP contribution is -2.26. The molecule has 1 fully saturated rings. The van der Waals surface area contributed by atoms with Gasteiger partial charge in [0, 0.05) is 18.8 Å². The standard InChI is InChI=1S/C15H25N3O/c1-3-11-19-13-7-10-16-14(18-13)17-12-15(4-2)8-5-6-9-15/h7,10H,3-6,8-9,11-12H2,1-2H3,(H,16,17,18). The molecule has 1 aromatic rings. The molecule has 2 rings (SSSR count). The van der Waals surface area contributed by atoms with Crippen molar-refractivity contribution in [2.75, 3.05) is 18.5 Å². The molecule has 0 atom stereocenters. The van der Waals surface area contributed by atoms with Gasteiger partial charge in [-0.05, 0) is 31.1 Å². The van der Waals surface area contributed by atoms with Crippen molar-refractivity contribution in [2.24, 2.45) is 5.41 Å². The van der Waals surface area contributed by atoms with Crippen molar-refractivity contribution >= 4 is 5.95 Å². The Morgan fingerprint density at radius 2 is 2.11 bits per heavy atom. The number of ether oxygens (including phenoxy) is 1. The van der Waals surface area contributed by atoms with Gasteiger partial charge in [0.15, 0.2) is 0 Å². The first-order chi connectivity index (χ1) is 9.28. The maximum Gasteiger partial charge on any atom is 0.225 e. The molecule has 0 aromatic carbocycles. The molecule has 19 heavy (non-hydrogen) atoms. The summed E-state index contributed by atoms with van der Waals surface area (Å²) in [6.07, 6.45) is 9.34. The zero-order valence-corrected chi connectivity index (χ0v) is 12.1. The predicted molar refractivity (Wildman–Crippen MR) is 77.5 cm³/mol. The average molecular weight is 263 g/mol. The SMILES string of the molecule is CCCOc1ccnc(NCC2(CC)CCCC2)n1. The Morgan fingerprint density at radius 3 is 2.79 bits per heavy atom. The van der Waals surface area contributed by atoms with Crippen molar-refractivity contribution < 1.29 is 4.74 Å². The van der Waals surface area contributed by atoms with E-state index in [-0.39, 0.29) is 0 Å². The highest BCUT2D eigenvalue weighted by Gasteiger charge is 2.31. The number of anilines is 1. The van der Waals surface area contributed by atoms with Gasteiger partial charge in [-0.2, -0.15) is 4.98 Å². The van der Waals surface area contributed by atoms with Gasteiger partial charge in [-0.3, -0.25) is 0 Å². The highest BCUT2D eigenvalue weighted by Crippen LogP contribution is 2.40. The third-order valence-electron chi connectivity index (χ3n) is 4.12. The summed E-state index contributed by atoms with van der Waals surface area (Å²) in [4.78, 5) is 8.66. The lowest BCUT2D eigenvalue weighted by Gasteiger charge is -2.27. The van der Waals surface area contributed by atoms with Crippen molar-refractivity contribution in [1.82, 2.24) is 9.97 Å². The summed E-state index contributed by atoms with van der Waals surface area (Å²) in [5.74, 6) is 1.35. The maximum absolute atomic E-state index is 5.53. The highest BCUT2D eigenvalue weighted by molar-refractivity contribution is 5.28.